The number of aromatic nitrogens is 2. The summed E-state index contributed by atoms with van der Waals surface area (Å²) >= 11 is 3.31. The van der Waals surface area contributed by atoms with E-state index < -0.39 is 29.6 Å². The van der Waals surface area contributed by atoms with Crippen LogP contribution in [0.4, 0.5) is 5.82 Å². The maximum Gasteiger partial charge on any atom is 0.326 e. The van der Waals surface area contributed by atoms with Gasteiger partial charge in [0.15, 0.2) is 0 Å². The van der Waals surface area contributed by atoms with Crippen LogP contribution in [0.1, 0.15) is 49.7 Å². The van der Waals surface area contributed by atoms with E-state index in [-0.39, 0.29) is 31.0 Å². The van der Waals surface area contributed by atoms with E-state index in [0.29, 0.717) is 9.86 Å². The van der Waals surface area contributed by atoms with Gasteiger partial charge >= 0.3 is 5.97 Å². The number of hydrogen-bond acceptors (Lipinski definition) is 6. The molecule has 0 aliphatic carbocycles. The third-order valence-corrected chi connectivity index (χ3v) is 5.20. The van der Waals surface area contributed by atoms with Crippen molar-refractivity contribution in [3.8, 4) is 0 Å². The van der Waals surface area contributed by atoms with Crippen molar-refractivity contribution in [2.75, 3.05) is 5.73 Å². The Hall–Kier alpha value is -3.20. The number of carbonyl (C=O) groups excluding carboxylic acids is 2. The first-order valence-electron chi connectivity index (χ1n) is 10.00. The second-order valence-corrected chi connectivity index (χ2v) is 9.33. The van der Waals surface area contributed by atoms with Gasteiger partial charge in [-0.25, -0.2) is 4.98 Å². The quantitative estimate of drug-likeness (QED) is 0.495. The van der Waals surface area contributed by atoms with Gasteiger partial charge in [0.1, 0.15) is 29.2 Å². The summed E-state index contributed by atoms with van der Waals surface area (Å²) in [6, 6.07) is 10.8. The number of carbonyl (C=O) groups is 2. The standard InChI is InChI=1S/C23H25BrN4O4.CH4/c1-13-5-7-14(8-6-13)11-26-21(30)16-9-15-10-17(24)19(25)27-20(15)28(22(16)31)12-18(29)32-23(2,3)4;/h5-10H,11-12H2,1-4H3,(H2,25,27)(H,26,30);1H4. The molecule has 0 spiro atoms. The van der Waals surface area contributed by atoms with Crippen LogP contribution in [0.25, 0.3) is 11.0 Å². The van der Waals surface area contributed by atoms with Gasteiger partial charge in [-0.1, -0.05) is 37.3 Å². The minimum atomic E-state index is -0.727. The first-order valence-corrected chi connectivity index (χ1v) is 10.8. The van der Waals surface area contributed by atoms with E-state index >= 15 is 0 Å². The molecule has 3 aromatic rings. The van der Waals surface area contributed by atoms with Gasteiger partial charge in [0, 0.05) is 11.9 Å². The van der Waals surface area contributed by atoms with E-state index in [4.69, 9.17) is 10.5 Å². The van der Waals surface area contributed by atoms with Gasteiger partial charge in [-0.3, -0.25) is 19.0 Å². The first-order chi connectivity index (χ1) is 14.9. The van der Waals surface area contributed by atoms with Crippen LogP contribution < -0.4 is 16.6 Å². The number of ether oxygens (including phenoxy) is 1. The van der Waals surface area contributed by atoms with Crippen LogP contribution in [0.15, 0.2) is 45.7 Å². The van der Waals surface area contributed by atoms with Gasteiger partial charge in [-0.15, -0.1) is 0 Å². The molecule has 0 atom stereocenters. The van der Waals surface area contributed by atoms with Crippen molar-refractivity contribution < 1.29 is 14.3 Å². The molecule has 1 aromatic carbocycles. The fourth-order valence-corrected chi connectivity index (χ4v) is 3.42. The molecule has 1 amide bonds. The zero-order chi connectivity index (χ0) is 23.6. The van der Waals surface area contributed by atoms with E-state index in [2.05, 4.69) is 26.2 Å². The lowest BCUT2D eigenvalue weighted by Gasteiger charge is -2.20. The van der Waals surface area contributed by atoms with Crippen LogP contribution >= 0.6 is 15.9 Å². The zero-order valence-corrected chi connectivity index (χ0v) is 19.9. The molecule has 176 valence electrons. The Morgan fingerprint density at radius 2 is 1.82 bits per heavy atom. The summed E-state index contributed by atoms with van der Waals surface area (Å²) in [6.07, 6.45) is 0. The van der Waals surface area contributed by atoms with Crippen molar-refractivity contribution in [2.45, 2.75) is 53.8 Å². The Kier molecular flexibility index (Phi) is 8.02. The van der Waals surface area contributed by atoms with Crippen molar-refractivity contribution in [3.05, 3.63) is 67.9 Å². The molecule has 0 saturated heterocycles. The van der Waals surface area contributed by atoms with E-state index in [9.17, 15) is 14.4 Å². The van der Waals surface area contributed by atoms with Crippen LogP contribution in [0.3, 0.4) is 0 Å². The SMILES string of the molecule is C.Cc1ccc(CNC(=O)c2cc3cc(Br)c(N)nc3n(CC(=O)OC(C)(C)C)c2=O)cc1. The largest absolute Gasteiger partial charge is 0.459 e. The molecule has 3 N–H and O–H groups in total. The minimum absolute atomic E-state index is 0. The van der Waals surface area contributed by atoms with E-state index in [1.807, 2.05) is 31.2 Å². The van der Waals surface area contributed by atoms with Crippen LogP contribution in [0.2, 0.25) is 0 Å². The number of benzene rings is 1. The maximum absolute atomic E-state index is 13.2. The number of pyridine rings is 2. The second kappa shape index (κ2) is 10.2. The minimum Gasteiger partial charge on any atom is -0.459 e. The lowest BCUT2D eigenvalue weighted by molar-refractivity contribution is -0.155. The Labute approximate surface area is 201 Å². The number of aryl methyl sites for hydroxylation is 1. The number of amides is 1. The van der Waals surface area contributed by atoms with E-state index in [1.54, 1.807) is 26.8 Å². The zero-order valence-electron chi connectivity index (χ0n) is 18.4. The third-order valence-electron chi connectivity index (χ3n) is 4.57. The number of nitrogen functional groups attached to an aromatic ring is 1. The number of rotatable bonds is 5. The average molecular weight is 517 g/mol. The summed E-state index contributed by atoms with van der Waals surface area (Å²) < 4.78 is 6.98. The highest BCUT2D eigenvalue weighted by Crippen LogP contribution is 2.23. The number of esters is 1. The molecule has 0 unspecified atom stereocenters. The molecule has 0 fully saturated rings. The summed E-state index contributed by atoms with van der Waals surface area (Å²) in [5.74, 6) is -1.02. The molecule has 0 aliphatic rings. The normalized spacial score (nSPS) is 11.1. The molecule has 0 saturated carbocycles. The van der Waals surface area contributed by atoms with Crippen LogP contribution in [0, 0.1) is 6.92 Å². The van der Waals surface area contributed by atoms with Gasteiger partial charge in [0.25, 0.3) is 11.5 Å². The number of anilines is 1. The number of nitrogens with zero attached hydrogens (tertiary/aromatic N) is 2. The van der Waals surface area contributed by atoms with Crippen molar-refractivity contribution in [3.63, 3.8) is 0 Å². The van der Waals surface area contributed by atoms with Crippen molar-refractivity contribution >= 4 is 44.7 Å². The molecule has 0 bridgehead atoms. The molecule has 9 heteroatoms. The highest BCUT2D eigenvalue weighted by atomic mass is 79.9. The average Bonchev–Trinajstić information content (AvgIpc) is 2.69. The Balaban J connectivity index is 0.00000385. The number of fused-ring (bicyclic) bond motifs is 1. The lowest BCUT2D eigenvalue weighted by atomic mass is 10.1. The fourth-order valence-electron chi connectivity index (χ4n) is 3.08. The Morgan fingerprint density at radius 1 is 1.18 bits per heavy atom. The number of halogens is 1. The first kappa shape index (κ1) is 26.1. The van der Waals surface area contributed by atoms with Gasteiger partial charge in [-0.2, -0.15) is 0 Å². The van der Waals surface area contributed by atoms with Crippen molar-refractivity contribution in [1.82, 2.24) is 14.9 Å². The van der Waals surface area contributed by atoms with Crippen molar-refractivity contribution in [1.29, 1.82) is 0 Å². The van der Waals surface area contributed by atoms with Gasteiger partial charge < -0.3 is 15.8 Å². The van der Waals surface area contributed by atoms with Gasteiger partial charge in [0.05, 0.1) is 4.47 Å². The molecule has 33 heavy (non-hydrogen) atoms. The summed E-state index contributed by atoms with van der Waals surface area (Å²) in [5.41, 5.74) is 6.60. The van der Waals surface area contributed by atoms with Gasteiger partial charge in [-0.05, 0) is 61.3 Å². The molecule has 2 aromatic heterocycles. The van der Waals surface area contributed by atoms with Crippen LogP contribution in [-0.4, -0.2) is 27.0 Å². The molecular weight excluding hydrogens is 488 g/mol. The van der Waals surface area contributed by atoms with E-state index in [1.165, 1.54) is 6.07 Å². The highest BCUT2D eigenvalue weighted by Gasteiger charge is 2.22. The molecule has 3 rings (SSSR count). The third kappa shape index (κ3) is 6.41. The predicted octanol–water partition coefficient (Wildman–Crippen LogP) is 3.96. The number of nitrogens with two attached hydrogens (primary N) is 1. The summed E-state index contributed by atoms with van der Waals surface area (Å²) in [7, 11) is 0. The highest BCUT2D eigenvalue weighted by molar-refractivity contribution is 9.10. The molecule has 0 radical (unpaired) electrons. The summed E-state index contributed by atoms with van der Waals surface area (Å²) in [6.45, 7) is 7.02. The summed E-state index contributed by atoms with van der Waals surface area (Å²) in [4.78, 5) is 42.7. The molecular formula is C24H29BrN4O4. The predicted molar refractivity (Wildman–Crippen MR) is 133 cm³/mol. The smallest absolute Gasteiger partial charge is 0.326 e. The molecule has 0 aliphatic heterocycles. The topological polar surface area (TPSA) is 116 Å². The van der Waals surface area contributed by atoms with Crippen LogP contribution in [-0.2, 0) is 22.6 Å². The monoisotopic (exact) mass is 516 g/mol. The molecule has 8 nitrogen and oxygen atoms in total. The van der Waals surface area contributed by atoms with Crippen molar-refractivity contribution in [2.24, 2.45) is 0 Å². The Bertz CT molecular complexity index is 1240. The second-order valence-electron chi connectivity index (χ2n) is 8.47. The summed E-state index contributed by atoms with van der Waals surface area (Å²) in [5, 5.41) is 3.24. The van der Waals surface area contributed by atoms with Crippen LogP contribution in [0.5, 0.6) is 0 Å². The number of hydrogen-bond donors (Lipinski definition) is 2. The Morgan fingerprint density at radius 3 is 2.42 bits per heavy atom. The van der Waals surface area contributed by atoms with Gasteiger partial charge in [0.2, 0.25) is 0 Å². The number of nitrogens with one attached hydrogen (secondary N) is 1. The fraction of sp³-hybridized carbons (Fsp3) is 0.333. The molecule has 2 heterocycles. The van der Waals surface area contributed by atoms with E-state index in [0.717, 1.165) is 15.7 Å². The lowest BCUT2D eigenvalue weighted by Crippen LogP contribution is -2.36. The maximum atomic E-state index is 13.2.